The summed E-state index contributed by atoms with van der Waals surface area (Å²) in [7, 11) is 1.61. The highest BCUT2D eigenvalue weighted by Crippen LogP contribution is 2.31. The summed E-state index contributed by atoms with van der Waals surface area (Å²) >= 11 is 1.38. The molecule has 0 fully saturated rings. The van der Waals surface area contributed by atoms with Crippen LogP contribution >= 0.6 is 11.3 Å². The SMILES string of the molecule is COc1ccc(-c2cc(NC(C)=O)n(-c3nc(-c4cccc(OC(C)=O)c4)cs3)n2)cc1. The number of ether oxygens (including phenoxy) is 2. The van der Waals surface area contributed by atoms with Crippen LogP contribution in [0.5, 0.6) is 11.5 Å². The molecule has 1 amide bonds. The summed E-state index contributed by atoms with van der Waals surface area (Å²) in [6, 6.07) is 16.4. The van der Waals surface area contributed by atoms with E-state index in [4.69, 9.17) is 9.47 Å². The van der Waals surface area contributed by atoms with E-state index in [9.17, 15) is 9.59 Å². The predicted octanol–water partition coefficient (Wildman–Crippen LogP) is 4.56. The van der Waals surface area contributed by atoms with Crippen LogP contribution in [0.15, 0.2) is 60.0 Å². The molecule has 8 nitrogen and oxygen atoms in total. The van der Waals surface area contributed by atoms with Crippen LogP contribution in [-0.4, -0.2) is 33.8 Å². The second-order valence-electron chi connectivity index (χ2n) is 6.87. The maximum absolute atomic E-state index is 11.8. The van der Waals surface area contributed by atoms with Crippen LogP contribution in [0.3, 0.4) is 0 Å². The Balaban J connectivity index is 1.70. The van der Waals surface area contributed by atoms with E-state index in [-0.39, 0.29) is 11.9 Å². The lowest BCUT2D eigenvalue weighted by atomic mass is 10.1. The molecule has 0 radical (unpaired) electrons. The molecule has 2 aromatic carbocycles. The lowest BCUT2D eigenvalue weighted by molar-refractivity contribution is -0.131. The van der Waals surface area contributed by atoms with Crippen molar-refractivity contribution in [2.75, 3.05) is 12.4 Å². The van der Waals surface area contributed by atoms with Gasteiger partial charge in [0.1, 0.15) is 17.3 Å². The van der Waals surface area contributed by atoms with Crippen LogP contribution in [-0.2, 0) is 9.59 Å². The van der Waals surface area contributed by atoms with Crippen molar-refractivity contribution in [1.82, 2.24) is 14.8 Å². The maximum Gasteiger partial charge on any atom is 0.308 e. The van der Waals surface area contributed by atoms with Gasteiger partial charge in [0.15, 0.2) is 0 Å². The third kappa shape index (κ3) is 4.68. The molecule has 32 heavy (non-hydrogen) atoms. The quantitative estimate of drug-likeness (QED) is 0.343. The Labute approximate surface area is 188 Å². The standard InChI is InChI=1S/C23H20N4O4S/c1-14(28)24-22-12-20(16-7-9-18(30-3)10-8-16)26-27(22)23-25-21(13-32-23)17-5-4-6-19(11-17)31-15(2)29/h4-13H,1-3H3,(H,24,28). The van der Waals surface area contributed by atoms with Crippen LogP contribution in [0.1, 0.15) is 13.8 Å². The number of nitrogens with zero attached hydrogens (tertiary/aromatic N) is 3. The van der Waals surface area contributed by atoms with E-state index in [0.29, 0.717) is 28.1 Å². The van der Waals surface area contributed by atoms with Gasteiger partial charge in [-0.05, 0) is 36.4 Å². The lowest BCUT2D eigenvalue weighted by Crippen LogP contribution is -2.10. The number of carbonyl (C=O) groups excluding carboxylic acids is 2. The number of thiazole rings is 1. The first-order chi connectivity index (χ1) is 15.4. The van der Waals surface area contributed by atoms with Crippen molar-refractivity contribution in [1.29, 1.82) is 0 Å². The highest BCUT2D eigenvalue weighted by molar-refractivity contribution is 7.12. The van der Waals surface area contributed by atoms with Gasteiger partial charge in [-0.3, -0.25) is 9.59 Å². The summed E-state index contributed by atoms with van der Waals surface area (Å²) in [5.41, 5.74) is 3.07. The maximum atomic E-state index is 11.8. The smallest absolute Gasteiger partial charge is 0.308 e. The fourth-order valence-corrected chi connectivity index (χ4v) is 3.87. The van der Waals surface area contributed by atoms with E-state index < -0.39 is 0 Å². The molecule has 0 unspecified atom stereocenters. The van der Waals surface area contributed by atoms with Gasteiger partial charge in [0.2, 0.25) is 11.0 Å². The number of benzene rings is 2. The molecule has 4 aromatic rings. The largest absolute Gasteiger partial charge is 0.497 e. The van der Waals surface area contributed by atoms with Crippen LogP contribution in [0.2, 0.25) is 0 Å². The van der Waals surface area contributed by atoms with E-state index in [1.807, 2.05) is 35.7 Å². The highest BCUT2D eigenvalue weighted by atomic mass is 32.1. The number of amides is 1. The van der Waals surface area contributed by atoms with Crippen molar-refractivity contribution in [3.05, 3.63) is 60.0 Å². The van der Waals surface area contributed by atoms with E-state index in [1.54, 1.807) is 36.1 Å². The Morgan fingerprint density at radius 3 is 2.44 bits per heavy atom. The number of aromatic nitrogens is 3. The Hall–Kier alpha value is -3.98. The van der Waals surface area contributed by atoms with Gasteiger partial charge < -0.3 is 14.8 Å². The monoisotopic (exact) mass is 448 g/mol. The fourth-order valence-electron chi connectivity index (χ4n) is 3.08. The second-order valence-corrected chi connectivity index (χ2v) is 7.71. The molecule has 1 N–H and O–H groups in total. The molecule has 2 aromatic heterocycles. The van der Waals surface area contributed by atoms with Gasteiger partial charge in [0.25, 0.3) is 0 Å². The van der Waals surface area contributed by atoms with Crippen molar-refractivity contribution < 1.29 is 19.1 Å². The Morgan fingerprint density at radius 1 is 0.969 bits per heavy atom. The molecule has 2 heterocycles. The number of hydrogen-bond acceptors (Lipinski definition) is 7. The van der Waals surface area contributed by atoms with Crippen LogP contribution in [0.4, 0.5) is 5.82 Å². The summed E-state index contributed by atoms with van der Waals surface area (Å²) in [6.45, 7) is 2.80. The predicted molar refractivity (Wildman–Crippen MR) is 122 cm³/mol. The van der Waals surface area contributed by atoms with Crippen LogP contribution < -0.4 is 14.8 Å². The number of methoxy groups -OCH3 is 1. The number of carbonyl (C=O) groups is 2. The molecule has 0 spiro atoms. The molecule has 0 atom stereocenters. The van der Waals surface area contributed by atoms with E-state index in [0.717, 1.165) is 16.9 Å². The molecule has 0 aliphatic carbocycles. The normalized spacial score (nSPS) is 10.6. The fraction of sp³-hybridized carbons (Fsp3) is 0.130. The number of hydrogen-bond donors (Lipinski definition) is 1. The molecule has 0 saturated carbocycles. The molecule has 4 rings (SSSR count). The van der Waals surface area contributed by atoms with Crippen molar-refractivity contribution in [2.24, 2.45) is 0 Å². The summed E-state index contributed by atoms with van der Waals surface area (Å²) < 4.78 is 12.0. The average molecular weight is 449 g/mol. The minimum absolute atomic E-state index is 0.210. The average Bonchev–Trinajstić information content (AvgIpc) is 3.40. The highest BCUT2D eigenvalue weighted by Gasteiger charge is 2.16. The topological polar surface area (TPSA) is 95.3 Å². The first-order valence-electron chi connectivity index (χ1n) is 9.70. The van der Waals surface area contributed by atoms with Crippen molar-refractivity contribution in [3.8, 4) is 39.1 Å². The summed E-state index contributed by atoms with van der Waals surface area (Å²) in [5, 5.41) is 9.94. The van der Waals surface area contributed by atoms with Crippen molar-refractivity contribution in [2.45, 2.75) is 13.8 Å². The molecular formula is C23H20N4O4S. The minimum Gasteiger partial charge on any atom is -0.497 e. The van der Waals surface area contributed by atoms with Crippen molar-refractivity contribution in [3.63, 3.8) is 0 Å². The van der Waals surface area contributed by atoms with E-state index >= 15 is 0 Å². The third-order valence-electron chi connectivity index (χ3n) is 4.46. The van der Waals surface area contributed by atoms with E-state index in [1.165, 1.54) is 25.2 Å². The number of anilines is 1. The summed E-state index contributed by atoms with van der Waals surface area (Å²) in [5.74, 6) is 1.11. The van der Waals surface area contributed by atoms with Gasteiger partial charge in [0.05, 0.1) is 18.5 Å². The van der Waals surface area contributed by atoms with Crippen LogP contribution in [0, 0.1) is 0 Å². The number of nitrogens with one attached hydrogen (secondary N) is 1. The summed E-state index contributed by atoms with van der Waals surface area (Å²) in [6.07, 6.45) is 0. The molecule has 162 valence electrons. The zero-order valence-electron chi connectivity index (χ0n) is 17.7. The Morgan fingerprint density at radius 2 is 1.75 bits per heavy atom. The molecule has 0 aliphatic heterocycles. The Kier molecular flexibility index (Phi) is 6.00. The number of rotatable bonds is 6. The first-order valence-corrected chi connectivity index (χ1v) is 10.6. The van der Waals surface area contributed by atoms with Gasteiger partial charge in [-0.2, -0.15) is 9.78 Å². The summed E-state index contributed by atoms with van der Waals surface area (Å²) in [4.78, 5) is 27.7. The van der Waals surface area contributed by atoms with Gasteiger partial charge in [-0.15, -0.1) is 11.3 Å². The lowest BCUT2D eigenvalue weighted by Gasteiger charge is -2.04. The zero-order valence-corrected chi connectivity index (χ0v) is 18.5. The minimum atomic E-state index is -0.385. The molecule has 0 saturated heterocycles. The van der Waals surface area contributed by atoms with E-state index in [2.05, 4.69) is 15.4 Å². The van der Waals surface area contributed by atoms with Gasteiger partial charge in [-0.25, -0.2) is 4.98 Å². The second kappa shape index (κ2) is 9.03. The zero-order chi connectivity index (χ0) is 22.7. The first kappa shape index (κ1) is 21.3. The van der Waals surface area contributed by atoms with Gasteiger partial charge in [0, 0.05) is 36.4 Å². The van der Waals surface area contributed by atoms with Gasteiger partial charge >= 0.3 is 5.97 Å². The number of esters is 1. The molecule has 0 aliphatic rings. The van der Waals surface area contributed by atoms with Gasteiger partial charge in [-0.1, -0.05) is 12.1 Å². The van der Waals surface area contributed by atoms with Crippen molar-refractivity contribution >= 4 is 29.0 Å². The van der Waals surface area contributed by atoms with Crippen LogP contribution in [0.25, 0.3) is 27.6 Å². The third-order valence-corrected chi connectivity index (χ3v) is 5.28. The molecule has 0 bridgehead atoms. The molecular weight excluding hydrogens is 428 g/mol. The molecule has 9 heteroatoms. The Bertz CT molecular complexity index is 1280.